The van der Waals surface area contributed by atoms with Gasteiger partial charge in [-0.1, -0.05) is 13.0 Å². The quantitative estimate of drug-likeness (QED) is 0.769. The number of carbonyl (C=O) groups excluding carboxylic acids is 1. The second kappa shape index (κ2) is 6.45. The molecule has 24 heavy (non-hydrogen) atoms. The Morgan fingerprint density at radius 1 is 1.21 bits per heavy atom. The van der Waals surface area contributed by atoms with Crippen LogP contribution in [-0.2, 0) is 16.4 Å². The maximum absolute atomic E-state index is 12.3. The Morgan fingerprint density at radius 2 is 2.04 bits per heavy atom. The van der Waals surface area contributed by atoms with Crippen LogP contribution in [0.4, 0.5) is 0 Å². The van der Waals surface area contributed by atoms with Gasteiger partial charge in [-0.15, -0.1) is 0 Å². The number of pyridine rings is 1. The van der Waals surface area contributed by atoms with E-state index >= 15 is 0 Å². The minimum atomic E-state index is -3.33. The second-order valence-corrected chi connectivity index (χ2v) is 7.62. The molecule has 0 atom stereocenters. The summed E-state index contributed by atoms with van der Waals surface area (Å²) in [7, 11) is -3.33. The lowest BCUT2D eigenvalue weighted by atomic mass is 10.2. The van der Waals surface area contributed by atoms with Gasteiger partial charge in [0.1, 0.15) is 5.65 Å². The van der Waals surface area contributed by atoms with Gasteiger partial charge in [-0.25, -0.2) is 13.4 Å². The van der Waals surface area contributed by atoms with Gasteiger partial charge in [0.2, 0.25) is 0 Å². The van der Waals surface area contributed by atoms with E-state index in [4.69, 9.17) is 0 Å². The number of sulfone groups is 1. The number of nitrogens with one attached hydrogen (secondary N) is 1. The van der Waals surface area contributed by atoms with Gasteiger partial charge < -0.3 is 9.72 Å². The largest absolute Gasteiger partial charge is 0.348 e. The highest BCUT2D eigenvalue weighted by Crippen LogP contribution is 2.13. The minimum absolute atomic E-state index is 0.00238. The molecule has 3 rings (SSSR count). The van der Waals surface area contributed by atoms with Crippen molar-refractivity contribution in [3.63, 3.8) is 0 Å². The van der Waals surface area contributed by atoms with E-state index in [-0.39, 0.29) is 16.6 Å². The monoisotopic (exact) mass is 343 g/mol. The van der Waals surface area contributed by atoms with Crippen molar-refractivity contribution < 1.29 is 13.2 Å². The van der Waals surface area contributed by atoms with Gasteiger partial charge in [-0.2, -0.15) is 0 Å². The van der Waals surface area contributed by atoms with Gasteiger partial charge in [-0.05, 0) is 35.9 Å². The second-order valence-electron chi connectivity index (χ2n) is 5.34. The molecule has 2 heterocycles. The van der Waals surface area contributed by atoms with Crippen LogP contribution in [0.2, 0.25) is 0 Å². The van der Waals surface area contributed by atoms with Crippen LogP contribution in [-0.4, -0.2) is 29.5 Å². The first-order chi connectivity index (χ1) is 11.5. The molecular weight excluding hydrogens is 326 g/mol. The summed E-state index contributed by atoms with van der Waals surface area (Å²) in [6.45, 7) is 1.92. The first kappa shape index (κ1) is 16.2. The molecule has 124 valence electrons. The molecule has 0 radical (unpaired) electrons. The highest BCUT2D eigenvalue weighted by molar-refractivity contribution is 7.91. The van der Waals surface area contributed by atoms with E-state index in [1.807, 2.05) is 28.9 Å². The number of benzene rings is 1. The Balaban J connectivity index is 1.74. The number of hydrogen-bond acceptors (Lipinski definition) is 4. The molecule has 0 spiro atoms. The van der Waals surface area contributed by atoms with Crippen molar-refractivity contribution in [3.05, 3.63) is 66.1 Å². The maximum Gasteiger partial charge on any atom is 0.251 e. The summed E-state index contributed by atoms with van der Waals surface area (Å²) in [5.41, 5.74) is 2.04. The topological polar surface area (TPSA) is 80.5 Å². The van der Waals surface area contributed by atoms with Crippen molar-refractivity contribution in [1.82, 2.24) is 14.7 Å². The van der Waals surface area contributed by atoms with Crippen LogP contribution >= 0.6 is 0 Å². The number of nitrogens with zero attached hydrogens (tertiary/aromatic N) is 2. The van der Waals surface area contributed by atoms with Crippen LogP contribution in [0.15, 0.2) is 59.9 Å². The SMILES string of the molecule is CCS(=O)(=O)c1cccc(C(=O)NCc2ccn3ccnc3c2)c1. The van der Waals surface area contributed by atoms with E-state index < -0.39 is 9.84 Å². The molecule has 1 aromatic carbocycles. The van der Waals surface area contributed by atoms with Crippen molar-refractivity contribution in [2.75, 3.05) is 5.75 Å². The summed E-state index contributed by atoms with van der Waals surface area (Å²) in [6, 6.07) is 9.87. The third-order valence-electron chi connectivity index (χ3n) is 3.75. The van der Waals surface area contributed by atoms with Crippen molar-refractivity contribution in [2.24, 2.45) is 0 Å². The molecule has 0 bridgehead atoms. The van der Waals surface area contributed by atoms with Gasteiger partial charge in [0.25, 0.3) is 5.91 Å². The fraction of sp³-hybridized carbons (Fsp3) is 0.176. The van der Waals surface area contributed by atoms with E-state index in [2.05, 4.69) is 10.3 Å². The molecule has 3 aromatic rings. The zero-order valence-electron chi connectivity index (χ0n) is 13.1. The predicted molar refractivity (Wildman–Crippen MR) is 90.5 cm³/mol. The molecular formula is C17H17N3O3S. The lowest BCUT2D eigenvalue weighted by Gasteiger charge is -2.07. The third kappa shape index (κ3) is 3.30. The highest BCUT2D eigenvalue weighted by atomic mass is 32.2. The van der Waals surface area contributed by atoms with E-state index in [1.54, 1.807) is 25.3 Å². The van der Waals surface area contributed by atoms with Gasteiger partial charge in [0, 0.05) is 30.7 Å². The Kier molecular flexibility index (Phi) is 4.35. The van der Waals surface area contributed by atoms with Crippen LogP contribution in [0.3, 0.4) is 0 Å². The van der Waals surface area contributed by atoms with Crippen molar-refractivity contribution >= 4 is 21.4 Å². The number of carbonyl (C=O) groups is 1. The van der Waals surface area contributed by atoms with Crippen LogP contribution in [0.1, 0.15) is 22.8 Å². The maximum atomic E-state index is 12.3. The molecule has 0 unspecified atom stereocenters. The van der Waals surface area contributed by atoms with E-state index in [0.717, 1.165) is 11.2 Å². The summed E-state index contributed by atoms with van der Waals surface area (Å²) >= 11 is 0. The Labute approximate surface area is 140 Å². The van der Waals surface area contributed by atoms with Crippen LogP contribution in [0.5, 0.6) is 0 Å². The molecule has 1 N–H and O–H groups in total. The number of amides is 1. The zero-order chi connectivity index (χ0) is 17.2. The smallest absolute Gasteiger partial charge is 0.251 e. The number of aromatic nitrogens is 2. The average Bonchev–Trinajstić information content (AvgIpc) is 3.07. The van der Waals surface area contributed by atoms with Crippen molar-refractivity contribution in [3.8, 4) is 0 Å². The normalized spacial score (nSPS) is 11.5. The number of rotatable bonds is 5. The number of imidazole rings is 1. The molecule has 6 nitrogen and oxygen atoms in total. The summed E-state index contributed by atoms with van der Waals surface area (Å²) < 4.78 is 25.7. The molecule has 0 fully saturated rings. The molecule has 0 aliphatic rings. The van der Waals surface area contributed by atoms with E-state index in [0.29, 0.717) is 12.1 Å². The fourth-order valence-electron chi connectivity index (χ4n) is 2.34. The first-order valence-corrected chi connectivity index (χ1v) is 9.17. The lowest BCUT2D eigenvalue weighted by Crippen LogP contribution is -2.23. The van der Waals surface area contributed by atoms with Crippen LogP contribution in [0.25, 0.3) is 5.65 Å². The minimum Gasteiger partial charge on any atom is -0.348 e. The van der Waals surface area contributed by atoms with Crippen molar-refractivity contribution in [2.45, 2.75) is 18.4 Å². The molecule has 0 saturated carbocycles. The molecule has 1 amide bonds. The number of fused-ring (bicyclic) bond motifs is 1. The Morgan fingerprint density at radius 3 is 2.83 bits per heavy atom. The van der Waals surface area contributed by atoms with Gasteiger partial charge in [-0.3, -0.25) is 4.79 Å². The zero-order valence-corrected chi connectivity index (χ0v) is 14.0. The summed E-state index contributed by atoms with van der Waals surface area (Å²) in [4.78, 5) is 16.6. The van der Waals surface area contributed by atoms with Gasteiger partial charge >= 0.3 is 0 Å². The predicted octanol–water partition coefficient (Wildman–Crippen LogP) is 2.06. The third-order valence-corrected chi connectivity index (χ3v) is 5.48. The summed E-state index contributed by atoms with van der Waals surface area (Å²) in [5.74, 6) is -0.311. The summed E-state index contributed by atoms with van der Waals surface area (Å²) in [5, 5.41) is 2.80. The van der Waals surface area contributed by atoms with Crippen LogP contribution in [0, 0.1) is 0 Å². The lowest BCUT2D eigenvalue weighted by molar-refractivity contribution is 0.0950. The van der Waals surface area contributed by atoms with E-state index in [1.165, 1.54) is 12.1 Å². The van der Waals surface area contributed by atoms with E-state index in [9.17, 15) is 13.2 Å². The highest BCUT2D eigenvalue weighted by Gasteiger charge is 2.14. The fourth-order valence-corrected chi connectivity index (χ4v) is 3.27. The number of hydrogen-bond donors (Lipinski definition) is 1. The molecule has 7 heteroatoms. The first-order valence-electron chi connectivity index (χ1n) is 7.52. The Hall–Kier alpha value is -2.67. The molecule has 0 aliphatic carbocycles. The van der Waals surface area contributed by atoms with Crippen LogP contribution < -0.4 is 5.32 Å². The Bertz CT molecular complexity index is 993. The molecule has 0 saturated heterocycles. The van der Waals surface area contributed by atoms with Crippen molar-refractivity contribution in [1.29, 1.82) is 0 Å². The molecule has 2 aromatic heterocycles. The van der Waals surface area contributed by atoms with Gasteiger partial charge in [0.15, 0.2) is 9.84 Å². The molecule has 0 aliphatic heterocycles. The summed E-state index contributed by atoms with van der Waals surface area (Å²) in [6.07, 6.45) is 5.42. The standard InChI is InChI=1S/C17H17N3O3S/c1-2-24(22,23)15-5-3-4-14(11-15)17(21)19-12-13-6-8-20-9-7-18-16(20)10-13/h3-11H,2,12H2,1H3,(H,19,21). The van der Waals surface area contributed by atoms with Gasteiger partial charge in [0.05, 0.1) is 10.6 Å². The average molecular weight is 343 g/mol.